The van der Waals surface area contributed by atoms with Gasteiger partial charge in [-0.05, 0) is 44.4 Å². The van der Waals surface area contributed by atoms with Crippen LogP contribution in [0.15, 0.2) is 33.4 Å². The van der Waals surface area contributed by atoms with Crippen LogP contribution in [-0.2, 0) is 0 Å². The van der Waals surface area contributed by atoms with E-state index in [2.05, 4.69) is 48.7 Å². The SMILES string of the molecule is COc1ccc(C(Br)c2ccsc2)c(OC)c1Br. The van der Waals surface area contributed by atoms with E-state index in [4.69, 9.17) is 9.47 Å². The zero-order valence-electron chi connectivity index (χ0n) is 9.94. The molecular weight excluding hydrogens is 380 g/mol. The molecule has 2 rings (SSSR count). The monoisotopic (exact) mass is 390 g/mol. The molecule has 0 aliphatic carbocycles. The van der Waals surface area contributed by atoms with Crippen molar-refractivity contribution in [2.45, 2.75) is 4.83 Å². The highest BCUT2D eigenvalue weighted by Crippen LogP contribution is 2.44. The van der Waals surface area contributed by atoms with Gasteiger partial charge in [0.15, 0.2) is 0 Å². The van der Waals surface area contributed by atoms with Gasteiger partial charge in [0.1, 0.15) is 16.0 Å². The van der Waals surface area contributed by atoms with Gasteiger partial charge >= 0.3 is 0 Å². The Morgan fingerprint density at radius 2 is 1.94 bits per heavy atom. The Morgan fingerprint density at radius 3 is 2.50 bits per heavy atom. The molecule has 0 aliphatic rings. The number of benzene rings is 1. The maximum atomic E-state index is 5.48. The van der Waals surface area contributed by atoms with Crippen molar-refractivity contribution in [1.29, 1.82) is 0 Å². The molecule has 1 atom stereocenters. The molecule has 0 saturated carbocycles. The van der Waals surface area contributed by atoms with Crippen LogP contribution in [0.5, 0.6) is 11.5 Å². The van der Waals surface area contributed by atoms with Gasteiger partial charge in [-0.15, -0.1) is 0 Å². The maximum Gasteiger partial charge on any atom is 0.141 e. The molecule has 1 heterocycles. The molecule has 0 aliphatic heterocycles. The van der Waals surface area contributed by atoms with Crippen LogP contribution in [0.25, 0.3) is 0 Å². The van der Waals surface area contributed by atoms with E-state index in [-0.39, 0.29) is 4.83 Å². The number of ether oxygens (including phenoxy) is 2. The molecule has 0 bridgehead atoms. The molecule has 1 unspecified atom stereocenters. The van der Waals surface area contributed by atoms with Gasteiger partial charge in [0.2, 0.25) is 0 Å². The summed E-state index contributed by atoms with van der Waals surface area (Å²) in [5.74, 6) is 1.56. The second-order valence-electron chi connectivity index (χ2n) is 3.62. The Hall–Kier alpha value is -0.520. The average molecular weight is 392 g/mol. The van der Waals surface area contributed by atoms with E-state index in [1.165, 1.54) is 5.56 Å². The largest absolute Gasteiger partial charge is 0.495 e. The summed E-state index contributed by atoms with van der Waals surface area (Å²) in [6.07, 6.45) is 0. The van der Waals surface area contributed by atoms with E-state index in [1.54, 1.807) is 25.6 Å². The van der Waals surface area contributed by atoms with Gasteiger partial charge in [0, 0.05) is 5.56 Å². The molecule has 1 aromatic heterocycles. The predicted octanol–water partition coefficient (Wildman–Crippen LogP) is 5.01. The molecule has 2 nitrogen and oxygen atoms in total. The fraction of sp³-hybridized carbons (Fsp3) is 0.231. The van der Waals surface area contributed by atoms with Crippen LogP contribution in [-0.4, -0.2) is 14.2 Å². The third kappa shape index (κ3) is 2.58. The first kappa shape index (κ1) is 13.9. The Morgan fingerprint density at radius 1 is 1.17 bits per heavy atom. The highest BCUT2D eigenvalue weighted by atomic mass is 79.9. The Labute approximate surface area is 127 Å². The Kier molecular flexibility index (Phi) is 4.70. The van der Waals surface area contributed by atoms with Crippen molar-refractivity contribution in [3.8, 4) is 11.5 Å². The molecule has 0 spiro atoms. The van der Waals surface area contributed by atoms with Crippen molar-refractivity contribution < 1.29 is 9.47 Å². The van der Waals surface area contributed by atoms with Crippen LogP contribution >= 0.6 is 43.2 Å². The van der Waals surface area contributed by atoms with E-state index in [0.29, 0.717) is 0 Å². The number of methoxy groups -OCH3 is 2. The maximum absolute atomic E-state index is 5.48. The van der Waals surface area contributed by atoms with Crippen LogP contribution in [0.3, 0.4) is 0 Å². The highest BCUT2D eigenvalue weighted by molar-refractivity contribution is 9.10. The van der Waals surface area contributed by atoms with E-state index in [0.717, 1.165) is 21.5 Å². The third-order valence-electron chi connectivity index (χ3n) is 2.63. The van der Waals surface area contributed by atoms with Gasteiger partial charge in [-0.25, -0.2) is 0 Å². The molecule has 1 aromatic carbocycles. The second-order valence-corrected chi connectivity index (χ2v) is 6.11. The second kappa shape index (κ2) is 6.08. The van der Waals surface area contributed by atoms with Gasteiger partial charge in [0.25, 0.3) is 0 Å². The van der Waals surface area contributed by atoms with Crippen LogP contribution in [0.4, 0.5) is 0 Å². The molecule has 96 valence electrons. The van der Waals surface area contributed by atoms with E-state index >= 15 is 0 Å². The van der Waals surface area contributed by atoms with Crippen molar-refractivity contribution in [2.75, 3.05) is 14.2 Å². The molecular formula is C13H12Br2O2S. The molecule has 0 amide bonds. The summed E-state index contributed by atoms with van der Waals surface area (Å²) in [7, 11) is 3.31. The van der Waals surface area contributed by atoms with Crippen molar-refractivity contribution >= 4 is 43.2 Å². The van der Waals surface area contributed by atoms with Crippen molar-refractivity contribution in [2.24, 2.45) is 0 Å². The summed E-state index contributed by atoms with van der Waals surface area (Å²) in [6.45, 7) is 0. The lowest BCUT2D eigenvalue weighted by atomic mass is 10.1. The van der Waals surface area contributed by atoms with Crippen molar-refractivity contribution in [1.82, 2.24) is 0 Å². The minimum Gasteiger partial charge on any atom is -0.495 e. The minimum absolute atomic E-state index is 0.112. The normalized spacial score (nSPS) is 12.2. The summed E-state index contributed by atoms with van der Waals surface area (Å²) in [5.41, 5.74) is 2.29. The molecule has 0 radical (unpaired) electrons. The van der Waals surface area contributed by atoms with E-state index < -0.39 is 0 Å². The number of alkyl halides is 1. The van der Waals surface area contributed by atoms with Crippen LogP contribution < -0.4 is 9.47 Å². The predicted molar refractivity (Wildman–Crippen MR) is 82.3 cm³/mol. The lowest BCUT2D eigenvalue weighted by molar-refractivity contribution is 0.386. The number of hydrogen-bond donors (Lipinski definition) is 0. The molecule has 0 saturated heterocycles. The summed E-state index contributed by atoms with van der Waals surface area (Å²) in [5, 5.41) is 4.19. The van der Waals surface area contributed by atoms with Gasteiger partial charge < -0.3 is 9.47 Å². The Bertz CT molecular complexity index is 526. The molecule has 5 heteroatoms. The third-order valence-corrected chi connectivity index (χ3v) is 5.10. The molecule has 0 fully saturated rings. The topological polar surface area (TPSA) is 18.5 Å². The first-order valence-corrected chi connectivity index (χ1v) is 7.90. The summed E-state index contributed by atoms with van der Waals surface area (Å²) < 4.78 is 11.6. The van der Waals surface area contributed by atoms with E-state index in [1.807, 2.05) is 12.1 Å². The van der Waals surface area contributed by atoms with E-state index in [9.17, 15) is 0 Å². The molecule has 2 aromatic rings. The van der Waals surface area contributed by atoms with Gasteiger partial charge in [-0.2, -0.15) is 11.3 Å². The van der Waals surface area contributed by atoms with Gasteiger partial charge in [0.05, 0.1) is 19.0 Å². The summed E-state index contributed by atoms with van der Waals surface area (Å²) in [4.78, 5) is 0.112. The van der Waals surface area contributed by atoms with Crippen LogP contribution in [0.2, 0.25) is 0 Å². The Balaban J connectivity index is 2.48. The van der Waals surface area contributed by atoms with Gasteiger partial charge in [-0.3, -0.25) is 0 Å². The first-order chi connectivity index (χ1) is 8.69. The average Bonchev–Trinajstić information content (AvgIpc) is 2.91. The first-order valence-electron chi connectivity index (χ1n) is 5.25. The minimum atomic E-state index is 0.112. The molecule has 0 N–H and O–H groups in total. The van der Waals surface area contributed by atoms with Crippen LogP contribution in [0, 0.1) is 0 Å². The van der Waals surface area contributed by atoms with Crippen molar-refractivity contribution in [3.05, 3.63) is 44.6 Å². The summed E-state index contributed by atoms with van der Waals surface area (Å²) in [6, 6.07) is 6.05. The van der Waals surface area contributed by atoms with Gasteiger partial charge in [-0.1, -0.05) is 22.0 Å². The quantitative estimate of drug-likeness (QED) is 0.681. The standard InChI is InChI=1S/C13H12Br2O2S/c1-16-10-4-3-9(13(17-2)12(10)15)11(14)8-5-6-18-7-8/h3-7,11H,1-2H3. The number of halogens is 2. The fourth-order valence-corrected chi connectivity index (χ4v) is 3.91. The molecule has 18 heavy (non-hydrogen) atoms. The lowest BCUT2D eigenvalue weighted by Gasteiger charge is -2.16. The number of rotatable bonds is 4. The number of thiophene rings is 1. The van der Waals surface area contributed by atoms with Crippen molar-refractivity contribution in [3.63, 3.8) is 0 Å². The zero-order chi connectivity index (χ0) is 13.1. The number of hydrogen-bond acceptors (Lipinski definition) is 3. The summed E-state index contributed by atoms with van der Waals surface area (Å²) >= 11 is 8.91. The smallest absolute Gasteiger partial charge is 0.141 e. The zero-order valence-corrected chi connectivity index (χ0v) is 13.9. The highest BCUT2D eigenvalue weighted by Gasteiger charge is 2.19. The fourth-order valence-electron chi connectivity index (χ4n) is 1.72. The lowest BCUT2D eigenvalue weighted by Crippen LogP contribution is -1.98. The van der Waals surface area contributed by atoms with Crippen LogP contribution in [0.1, 0.15) is 16.0 Å².